The smallest absolute Gasteiger partial charge is 0.0404 e. The summed E-state index contributed by atoms with van der Waals surface area (Å²) in [5.41, 5.74) is 19.4. The summed E-state index contributed by atoms with van der Waals surface area (Å²) in [5, 5.41) is 6.81. The Hall–Kier alpha value is -3.92. The third-order valence-corrected chi connectivity index (χ3v) is 4.41. The summed E-state index contributed by atoms with van der Waals surface area (Å²) >= 11 is 0. The van der Waals surface area contributed by atoms with Crippen molar-refractivity contribution in [3.05, 3.63) is 97.1 Å². The molecule has 138 valence electrons. The van der Waals surface area contributed by atoms with Gasteiger partial charge < -0.3 is 22.1 Å². The van der Waals surface area contributed by atoms with Gasteiger partial charge in [0.05, 0.1) is 0 Å². The van der Waals surface area contributed by atoms with Gasteiger partial charge in [-0.15, -0.1) is 0 Å². The fraction of sp³-hybridized carbons (Fsp3) is 0. The predicted octanol–water partition coefficient (Wildman–Crippen LogP) is 6.01. The molecule has 0 radical (unpaired) electrons. The highest BCUT2D eigenvalue weighted by molar-refractivity contribution is 5.75. The molecule has 28 heavy (non-hydrogen) atoms. The second-order valence-corrected chi connectivity index (χ2v) is 6.66. The molecule has 0 amide bonds. The van der Waals surface area contributed by atoms with Crippen molar-refractivity contribution in [3.8, 4) is 11.1 Å². The van der Waals surface area contributed by atoms with E-state index in [2.05, 4.69) is 34.9 Å². The minimum absolute atomic E-state index is 0.737. The first-order valence-corrected chi connectivity index (χ1v) is 9.11. The lowest BCUT2D eigenvalue weighted by Crippen LogP contribution is -1.93. The standard InChI is InChI=1S/C24H22N4/c25-19-7-3-11-23(15-19)27-21-9-1-5-17(13-21)18-6-2-10-22(14-18)28-24-12-4-8-20(26)16-24/h1-16,27-28H,25-26H2. The average molecular weight is 366 g/mol. The summed E-state index contributed by atoms with van der Waals surface area (Å²) < 4.78 is 0. The Kier molecular flexibility index (Phi) is 4.85. The van der Waals surface area contributed by atoms with Gasteiger partial charge >= 0.3 is 0 Å². The van der Waals surface area contributed by atoms with Crippen LogP contribution in [0.4, 0.5) is 34.1 Å². The van der Waals surface area contributed by atoms with Crippen molar-refractivity contribution in [2.24, 2.45) is 0 Å². The zero-order valence-electron chi connectivity index (χ0n) is 15.4. The Balaban J connectivity index is 1.57. The third kappa shape index (κ3) is 4.24. The van der Waals surface area contributed by atoms with Gasteiger partial charge in [0, 0.05) is 34.1 Å². The van der Waals surface area contributed by atoms with Crippen molar-refractivity contribution in [1.29, 1.82) is 0 Å². The van der Waals surface area contributed by atoms with Gasteiger partial charge in [-0.3, -0.25) is 0 Å². The molecule has 0 fully saturated rings. The summed E-state index contributed by atoms with van der Waals surface area (Å²) in [6, 6.07) is 32.1. The average Bonchev–Trinajstić information content (AvgIpc) is 2.68. The van der Waals surface area contributed by atoms with E-state index < -0.39 is 0 Å². The number of anilines is 6. The van der Waals surface area contributed by atoms with Gasteiger partial charge in [0.25, 0.3) is 0 Å². The van der Waals surface area contributed by atoms with Crippen LogP contribution in [0.5, 0.6) is 0 Å². The molecule has 4 nitrogen and oxygen atoms in total. The zero-order chi connectivity index (χ0) is 19.3. The van der Waals surface area contributed by atoms with Crippen LogP contribution >= 0.6 is 0 Å². The minimum atomic E-state index is 0.737. The summed E-state index contributed by atoms with van der Waals surface area (Å²) in [7, 11) is 0. The number of nitrogens with two attached hydrogens (primary N) is 2. The first kappa shape index (κ1) is 17.5. The van der Waals surface area contributed by atoms with Crippen molar-refractivity contribution < 1.29 is 0 Å². The Morgan fingerprint density at radius 2 is 0.786 bits per heavy atom. The first-order chi connectivity index (χ1) is 13.7. The number of benzene rings is 4. The van der Waals surface area contributed by atoms with Crippen molar-refractivity contribution in [2.75, 3.05) is 22.1 Å². The Bertz CT molecular complexity index is 1020. The van der Waals surface area contributed by atoms with Gasteiger partial charge in [-0.25, -0.2) is 0 Å². The lowest BCUT2D eigenvalue weighted by molar-refractivity contribution is 1.52. The molecule has 0 aliphatic carbocycles. The molecule has 0 atom stereocenters. The Morgan fingerprint density at radius 1 is 0.429 bits per heavy atom. The largest absolute Gasteiger partial charge is 0.399 e. The van der Waals surface area contributed by atoms with E-state index in [0.29, 0.717) is 0 Å². The van der Waals surface area contributed by atoms with Crippen LogP contribution < -0.4 is 22.1 Å². The van der Waals surface area contributed by atoms with Crippen LogP contribution in [-0.4, -0.2) is 0 Å². The van der Waals surface area contributed by atoms with Crippen molar-refractivity contribution in [1.82, 2.24) is 0 Å². The van der Waals surface area contributed by atoms with Crippen LogP contribution in [0, 0.1) is 0 Å². The molecule has 0 unspecified atom stereocenters. The minimum Gasteiger partial charge on any atom is -0.399 e. The van der Waals surface area contributed by atoms with E-state index in [4.69, 9.17) is 11.5 Å². The van der Waals surface area contributed by atoms with E-state index in [1.165, 1.54) is 0 Å². The molecule has 4 aromatic rings. The van der Waals surface area contributed by atoms with Crippen molar-refractivity contribution >= 4 is 34.1 Å². The molecule has 0 aromatic heterocycles. The molecule has 0 saturated carbocycles. The van der Waals surface area contributed by atoms with E-state index in [9.17, 15) is 0 Å². The lowest BCUT2D eigenvalue weighted by atomic mass is 10.0. The van der Waals surface area contributed by atoms with Gasteiger partial charge in [0.2, 0.25) is 0 Å². The maximum absolute atomic E-state index is 5.87. The Morgan fingerprint density at radius 3 is 1.18 bits per heavy atom. The van der Waals surface area contributed by atoms with Crippen molar-refractivity contribution in [3.63, 3.8) is 0 Å². The topological polar surface area (TPSA) is 76.1 Å². The number of hydrogen-bond donors (Lipinski definition) is 4. The van der Waals surface area contributed by atoms with Crippen LogP contribution in [-0.2, 0) is 0 Å². The van der Waals surface area contributed by atoms with Gasteiger partial charge in [0.1, 0.15) is 0 Å². The number of nitrogen functional groups attached to an aromatic ring is 2. The number of rotatable bonds is 5. The molecule has 0 aliphatic heterocycles. The fourth-order valence-electron chi connectivity index (χ4n) is 3.12. The molecular formula is C24H22N4. The number of nitrogens with one attached hydrogen (secondary N) is 2. The predicted molar refractivity (Wildman–Crippen MR) is 120 cm³/mol. The second kappa shape index (κ2) is 7.76. The van der Waals surface area contributed by atoms with E-state index in [-0.39, 0.29) is 0 Å². The zero-order valence-corrected chi connectivity index (χ0v) is 15.4. The molecule has 4 aromatic carbocycles. The maximum atomic E-state index is 5.87. The van der Waals surface area contributed by atoms with Gasteiger partial charge in [0.15, 0.2) is 0 Å². The molecule has 0 heterocycles. The molecule has 0 bridgehead atoms. The summed E-state index contributed by atoms with van der Waals surface area (Å²) in [4.78, 5) is 0. The molecule has 4 rings (SSSR count). The van der Waals surface area contributed by atoms with E-state index in [1.807, 2.05) is 72.8 Å². The fourth-order valence-corrected chi connectivity index (χ4v) is 3.12. The van der Waals surface area contributed by atoms with Gasteiger partial charge in [-0.1, -0.05) is 36.4 Å². The highest BCUT2D eigenvalue weighted by Gasteiger charge is 2.03. The monoisotopic (exact) mass is 366 g/mol. The maximum Gasteiger partial charge on any atom is 0.0404 e. The normalized spacial score (nSPS) is 10.4. The van der Waals surface area contributed by atoms with Gasteiger partial charge in [-0.05, 0) is 71.8 Å². The van der Waals surface area contributed by atoms with Gasteiger partial charge in [-0.2, -0.15) is 0 Å². The van der Waals surface area contributed by atoms with Crippen LogP contribution in [0.1, 0.15) is 0 Å². The van der Waals surface area contributed by atoms with Crippen molar-refractivity contribution in [2.45, 2.75) is 0 Å². The second-order valence-electron chi connectivity index (χ2n) is 6.66. The highest BCUT2D eigenvalue weighted by atomic mass is 14.9. The summed E-state index contributed by atoms with van der Waals surface area (Å²) in [6.07, 6.45) is 0. The molecule has 6 N–H and O–H groups in total. The van der Waals surface area contributed by atoms with E-state index in [1.54, 1.807) is 0 Å². The highest BCUT2D eigenvalue weighted by Crippen LogP contribution is 2.28. The SMILES string of the molecule is Nc1cccc(Nc2cccc(-c3cccc(Nc4cccc(N)c4)c3)c2)c1. The third-order valence-electron chi connectivity index (χ3n) is 4.41. The van der Waals surface area contributed by atoms with E-state index in [0.717, 1.165) is 45.3 Å². The molecular weight excluding hydrogens is 344 g/mol. The first-order valence-electron chi connectivity index (χ1n) is 9.11. The molecule has 4 heteroatoms. The van der Waals surface area contributed by atoms with Crippen LogP contribution in [0.15, 0.2) is 97.1 Å². The quantitative estimate of drug-likeness (QED) is 0.327. The molecule has 0 saturated heterocycles. The van der Waals surface area contributed by atoms with E-state index >= 15 is 0 Å². The lowest BCUT2D eigenvalue weighted by Gasteiger charge is -2.11. The van der Waals surface area contributed by atoms with Crippen LogP contribution in [0.3, 0.4) is 0 Å². The summed E-state index contributed by atoms with van der Waals surface area (Å²) in [6.45, 7) is 0. The molecule has 0 aliphatic rings. The van der Waals surface area contributed by atoms with Crippen LogP contribution in [0.25, 0.3) is 11.1 Å². The van der Waals surface area contributed by atoms with Crippen LogP contribution in [0.2, 0.25) is 0 Å². The molecule has 0 spiro atoms. The summed E-state index contributed by atoms with van der Waals surface area (Å²) in [5.74, 6) is 0. The number of hydrogen-bond acceptors (Lipinski definition) is 4. The Labute approximate surface area is 164 Å².